The molecule has 1 aromatic carbocycles. The number of allylic oxidation sites excluding steroid dienone is 2. The fourth-order valence-corrected chi connectivity index (χ4v) is 4.88. The van der Waals surface area contributed by atoms with Crippen LogP contribution in [0.3, 0.4) is 0 Å². The molecule has 3 N–H and O–H groups in total. The summed E-state index contributed by atoms with van der Waals surface area (Å²) in [6.45, 7) is 3.04. The van der Waals surface area contributed by atoms with E-state index in [0.29, 0.717) is 37.7 Å². The van der Waals surface area contributed by atoms with Gasteiger partial charge in [0.2, 0.25) is 11.8 Å². The van der Waals surface area contributed by atoms with Gasteiger partial charge < -0.3 is 16.0 Å². The molecule has 8 nitrogen and oxygen atoms in total. The van der Waals surface area contributed by atoms with E-state index in [1.807, 2.05) is 0 Å². The zero-order chi connectivity index (χ0) is 22.8. The highest BCUT2D eigenvalue weighted by Crippen LogP contribution is 2.52. The molecule has 3 aliphatic rings. The van der Waals surface area contributed by atoms with Crippen LogP contribution in [-0.2, 0) is 9.59 Å². The van der Waals surface area contributed by atoms with Gasteiger partial charge in [0.15, 0.2) is 5.96 Å². The van der Waals surface area contributed by atoms with Gasteiger partial charge >= 0.3 is 0 Å². The van der Waals surface area contributed by atoms with Crippen molar-refractivity contribution in [3.63, 3.8) is 0 Å². The van der Waals surface area contributed by atoms with Gasteiger partial charge in [0.1, 0.15) is 5.82 Å². The molecule has 0 aromatic heterocycles. The number of aryl methyl sites for hydroxylation is 1. The normalized spacial score (nSPS) is 26.0. The molecule has 0 radical (unpaired) electrons. The third kappa shape index (κ3) is 4.11. The fraction of sp³-hybridized carbons (Fsp3) is 0.478. The lowest BCUT2D eigenvalue weighted by atomic mass is 9.85. The summed E-state index contributed by atoms with van der Waals surface area (Å²) in [5, 5.41) is 8.87. The van der Waals surface area contributed by atoms with Gasteiger partial charge in [-0.25, -0.2) is 4.39 Å². The lowest BCUT2D eigenvalue weighted by molar-refractivity contribution is -0.140. The number of rotatable bonds is 7. The number of benzene rings is 1. The molecular formula is C23H28FN5O3. The standard InChI is InChI=1S/C23H28FN5O3/c1-13-3-4-16(12-17(13)24)20(30)26-7-8-27-23(25-2)28-9-10-29-21(31)18-14-5-6-15(11-14)19(18)22(29)32/h3-6,12,14-15,18-19H,7-11H2,1-2H3,(H,26,30)(H2,25,27,28). The molecule has 3 amide bonds. The molecule has 2 bridgehead atoms. The second-order valence-corrected chi connectivity index (χ2v) is 8.47. The van der Waals surface area contributed by atoms with Crippen LogP contribution in [0.25, 0.3) is 0 Å². The number of nitrogens with zero attached hydrogens (tertiary/aromatic N) is 2. The van der Waals surface area contributed by atoms with E-state index >= 15 is 0 Å². The molecule has 1 saturated carbocycles. The van der Waals surface area contributed by atoms with Gasteiger partial charge in [0.05, 0.1) is 11.8 Å². The summed E-state index contributed by atoms with van der Waals surface area (Å²) >= 11 is 0. The number of imide groups is 1. The Morgan fingerprint density at radius 3 is 2.31 bits per heavy atom. The number of guanidine groups is 1. The highest BCUT2D eigenvalue weighted by Gasteiger charge is 2.58. The first-order chi connectivity index (χ1) is 15.4. The lowest BCUT2D eigenvalue weighted by Crippen LogP contribution is -2.45. The van der Waals surface area contributed by atoms with Gasteiger partial charge in [-0.1, -0.05) is 18.2 Å². The third-order valence-electron chi connectivity index (χ3n) is 6.55. The first kappa shape index (κ1) is 22.0. The number of hydrogen-bond donors (Lipinski definition) is 3. The molecule has 1 aliphatic heterocycles. The van der Waals surface area contributed by atoms with Crippen molar-refractivity contribution in [1.82, 2.24) is 20.9 Å². The topological polar surface area (TPSA) is 103 Å². The average molecular weight is 442 g/mol. The van der Waals surface area contributed by atoms with Crippen LogP contribution in [-0.4, -0.2) is 61.8 Å². The zero-order valence-electron chi connectivity index (χ0n) is 18.2. The van der Waals surface area contributed by atoms with E-state index in [2.05, 4.69) is 33.1 Å². The maximum absolute atomic E-state index is 13.6. The molecule has 1 aromatic rings. The molecule has 1 saturated heterocycles. The monoisotopic (exact) mass is 441 g/mol. The molecule has 4 rings (SSSR count). The van der Waals surface area contributed by atoms with E-state index < -0.39 is 5.82 Å². The largest absolute Gasteiger partial charge is 0.355 e. The Morgan fingerprint density at radius 1 is 1.06 bits per heavy atom. The maximum atomic E-state index is 13.6. The van der Waals surface area contributed by atoms with Crippen molar-refractivity contribution in [2.75, 3.05) is 33.2 Å². The van der Waals surface area contributed by atoms with Crippen LogP contribution in [0.5, 0.6) is 0 Å². The van der Waals surface area contributed by atoms with Crippen LogP contribution in [0, 0.1) is 36.4 Å². The zero-order valence-corrected chi connectivity index (χ0v) is 18.2. The number of carbonyl (C=O) groups is 3. The summed E-state index contributed by atoms with van der Waals surface area (Å²) in [6, 6.07) is 4.37. The number of amides is 3. The minimum atomic E-state index is -0.414. The average Bonchev–Trinajstić information content (AvgIpc) is 3.46. The Bertz CT molecular complexity index is 962. The number of fused-ring (bicyclic) bond motifs is 5. The van der Waals surface area contributed by atoms with Crippen LogP contribution >= 0.6 is 0 Å². The van der Waals surface area contributed by atoms with Crippen molar-refractivity contribution in [2.24, 2.45) is 28.7 Å². The fourth-order valence-electron chi connectivity index (χ4n) is 4.88. The molecule has 2 aliphatic carbocycles. The van der Waals surface area contributed by atoms with Crippen LogP contribution in [0.1, 0.15) is 22.3 Å². The van der Waals surface area contributed by atoms with Crippen molar-refractivity contribution in [3.05, 3.63) is 47.3 Å². The van der Waals surface area contributed by atoms with Crippen molar-refractivity contribution < 1.29 is 18.8 Å². The minimum absolute atomic E-state index is 0.0585. The molecule has 0 spiro atoms. The number of nitrogens with one attached hydrogen (secondary N) is 3. The Labute approximate surface area is 186 Å². The summed E-state index contributed by atoms with van der Waals surface area (Å²) in [5.41, 5.74) is 0.756. The first-order valence-electron chi connectivity index (χ1n) is 10.9. The van der Waals surface area contributed by atoms with E-state index in [-0.39, 0.29) is 47.0 Å². The Balaban J connectivity index is 1.17. The summed E-state index contributed by atoms with van der Waals surface area (Å²) < 4.78 is 13.6. The van der Waals surface area contributed by atoms with E-state index in [0.717, 1.165) is 6.42 Å². The summed E-state index contributed by atoms with van der Waals surface area (Å²) in [5.74, 6) is -0.325. The minimum Gasteiger partial charge on any atom is -0.355 e. The summed E-state index contributed by atoms with van der Waals surface area (Å²) in [6.07, 6.45) is 5.09. The van der Waals surface area contributed by atoms with Gasteiger partial charge in [0.25, 0.3) is 5.91 Å². The molecule has 2 fully saturated rings. The highest BCUT2D eigenvalue weighted by molar-refractivity contribution is 6.06. The van der Waals surface area contributed by atoms with E-state index in [9.17, 15) is 18.8 Å². The summed E-state index contributed by atoms with van der Waals surface area (Å²) in [4.78, 5) is 43.0. The Kier molecular flexibility index (Phi) is 6.25. The van der Waals surface area contributed by atoms with Gasteiger partial charge in [-0.15, -0.1) is 0 Å². The van der Waals surface area contributed by atoms with Crippen molar-refractivity contribution in [2.45, 2.75) is 13.3 Å². The van der Waals surface area contributed by atoms with Crippen LogP contribution in [0.4, 0.5) is 4.39 Å². The maximum Gasteiger partial charge on any atom is 0.251 e. The lowest BCUT2D eigenvalue weighted by Gasteiger charge is -2.18. The van der Waals surface area contributed by atoms with E-state index in [1.165, 1.54) is 11.0 Å². The molecule has 32 heavy (non-hydrogen) atoms. The van der Waals surface area contributed by atoms with Gasteiger partial charge in [-0.05, 0) is 42.9 Å². The van der Waals surface area contributed by atoms with Crippen LogP contribution in [0.15, 0.2) is 35.3 Å². The number of hydrogen-bond acceptors (Lipinski definition) is 4. The molecule has 4 unspecified atom stereocenters. The van der Waals surface area contributed by atoms with Gasteiger partial charge in [0, 0.05) is 38.8 Å². The Hall–Kier alpha value is -3.23. The number of aliphatic imine (C=N–C) groups is 1. The van der Waals surface area contributed by atoms with Crippen molar-refractivity contribution in [1.29, 1.82) is 0 Å². The van der Waals surface area contributed by atoms with Crippen LogP contribution in [0.2, 0.25) is 0 Å². The van der Waals surface area contributed by atoms with Gasteiger partial charge in [-0.2, -0.15) is 0 Å². The highest BCUT2D eigenvalue weighted by atomic mass is 19.1. The van der Waals surface area contributed by atoms with E-state index in [4.69, 9.17) is 0 Å². The molecular weight excluding hydrogens is 413 g/mol. The van der Waals surface area contributed by atoms with Crippen molar-refractivity contribution >= 4 is 23.7 Å². The Morgan fingerprint density at radius 2 is 1.69 bits per heavy atom. The first-order valence-corrected chi connectivity index (χ1v) is 10.9. The summed E-state index contributed by atoms with van der Waals surface area (Å²) in [7, 11) is 1.61. The predicted molar refractivity (Wildman–Crippen MR) is 117 cm³/mol. The number of carbonyl (C=O) groups excluding carboxylic acids is 3. The second kappa shape index (κ2) is 9.10. The molecule has 9 heteroatoms. The smallest absolute Gasteiger partial charge is 0.251 e. The SMILES string of the molecule is CN=C(NCCNC(=O)c1ccc(C)c(F)c1)NCCN1C(=O)C2C3C=CC(C3)C2C1=O. The number of likely N-dealkylation sites (tertiary alicyclic amines) is 1. The van der Waals surface area contributed by atoms with Gasteiger partial charge in [-0.3, -0.25) is 24.3 Å². The van der Waals surface area contributed by atoms with E-state index in [1.54, 1.807) is 26.1 Å². The van der Waals surface area contributed by atoms with Crippen molar-refractivity contribution in [3.8, 4) is 0 Å². The predicted octanol–water partition coefficient (Wildman–Crippen LogP) is 0.836. The third-order valence-corrected chi connectivity index (χ3v) is 6.55. The second-order valence-electron chi connectivity index (χ2n) is 8.47. The van der Waals surface area contributed by atoms with Crippen LogP contribution < -0.4 is 16.0 Å². The number of halogens is 1. The molecule has 4 atom stereocenters. The molecule has 1 heterocycles. The molecule has 170 valence electrons. The quantitative estimate of drug-likeness (QED) is 0.191.